The maximum atomic E-state index is 13.3. The molecule has 1 atom stereocenters. The molecule has 0 radical (unpaired) electrons. The normalized spacial score (nSPS) is 17.2. The number of rotatable bonds is 5. The van der Waals surface area contributed by atoms with Gasteiger partial charge in [0, 0.05) is 38.1 Å². The zero-order valence-corrected chi connectivity index (χ0v) is 19.2. The van der Waals surface area contributed by atoms with E-state index in [1.807, 2.05) is 18.2 Å². The fourth-order valence-corrected chi connectivity index (χ4v) is 4.78. The van der Waals surface area contributed by atoms with Gasteiger partial charge in [-0.25, -0.2) is 8.42 Å². The minimum atomic E-state index is -4.63. The Labute approximate surface area is 190 Å². The van der Waals surface area contributed by atoms with Gasteiger partial charge in [-0.2, -0.15) is 13.2 Å². The molecule has 2 aliphatic heterocycles. The minimum Gasteiger partial charge on any atom is -0.480 e. The molecule has 0 saturated carbocycles. The molecule has 2 heterocycles. The zero-order valence-electron chi connectivity index (χ0n) is 18.4. The second kappa shape index (κ2) is 8.55. The number of hydrogen-bond donors (Lipinski definition) is 0. The largest absolute Gasteiger partial charge is 0.480 e. The van der Waals surface area contributed by atoms with Crippen molar-refractivity contribution in [2.24, 2.45) is 0 Å². The number of sulfone groups is 1. The van der Waals surface area contributed by atoms with Crippen molar-refractivity contribution in [3.8, 4) is 5.75 Å². The molecule has 0 bridgehead atoms. The van der Waals surface area contributed by atoms with Crippen LogP contribution in [-0.2, 0) is 22.9 Å². The maximum absolute atomic E-state index is 13.3. The highest BCUT2D eigenvalue weighted by Gasteiger charge is 2.39. The molecule has 4 rings (SSSR count). The van der Waals surface area contributed by atoms with Gasteiger partial charge in [0.05, 0.1) is 10.5 Å². The number of hydrogen-bond acceptors (Lipinski definition) is 5. The predicted octanol–water partition coefficient (Wildman–Crippen LogP) is 4.18. The quantitative estimate of drug-likeness (QED) is 0.640. The Kier molecular flexibility index (Phi) is 6.07. The Morgan fingerprint density at radius 3 is 2.33 bits per heavy atom. The van der Waals surface area contributed by atoms with E-state index in [0.717, 1.165) is 74.1 Å². The van der Waals surface area contributed by atoms with Crippen molar-refractivity contribution in [2.45, 2.75) is 50.0 Å². The van der Waals surface area contributed by atoms with Gasteiger partial charge >= 0.3 is 6.18 Å². The number of fused-ring (bicyclic) bond motifs is 1. The number of carbonyl (C=O) groups is 1. The first-order valence-corrected chi connectivity index (χ1v) is 12.6. The molecule has 0 aliphatic carbocycles. The first-order valence-electron chi connectivity index (χ1n) is 10.7. The molecule has 2 aromatic carbocycles. The molecule has 2 aliphatic rings. The first kappa shape index (κ1) is 23.4. The van der Waals surface area contributed by atoms with Crippen LogP contribution in [-0.4, -0.2) is 50.9 Å². The Morgan fingerprint density at radius 1 is 1.03 bits per heavy atom. The Morgan fingerprint density at radius 2 is 1.70 bits per heavy atom. The van der Waals surface area contributed by atoms with E-state index in [-0.39, 0.29) is 29.3 Å². The van der Waals surface area contributed by atoms with Crippen LogP contribution in [0.4, 0.5) is 18.9 Å². The summed E-state index contributed by atoms with van der Waals surface area (Å²) in [5, 5.41) is 0. The summed E-state index contributed by atoms with van der Waals surface area (Å²) in [6.07, 6.45) is -3.55. The number of carbonyl (C=O) groups excluding carboxylic acids is 1. The second-order valence-corrected chi connectivity index (χ2v) is 10.6. The third-order valence-corrected chi connectivity index (χ3v) is 7.16. The number of anilines is 1. The molecule has 0 aromatic heterocycles. The standard InChI is InChI=1S/C23H25F3N2O4S/c1-15(23(24,25)26)32-21-8-7-19(33(2,30)31)12-20(21)22(29)28-13-16-5-6-18(11-17(16)14-28)27-9-3-4-10-27/h5-8,11-12,15H,3-4,9-10,13-14H2,1-2H3/t15-/m0/s1. The van der Waals surface area contributed by atoms with Gasteiger partial charge in [0.1, 0.15) is 5.75 Å². The van der Waals surface area contributed by atoms with Crippen LogP contribution in [0.3, 0.4) is 0 Å². The third kappa shape index (κ3) is 4.95. The molecule has 0 N–H and O–H groups in total. The van der Waals surface area contributed by atoms with Crippen LogP contribution < -0.4 is 9.64 Å². The van der Waals surface area contributed by atoms with Crippen molar-refractivity contribution in [1.82, 2.24) is 4.90 Å². The van der Waals surface area contributed by atoms with E-state index in [4.69, 9.17) is 4.74 Å². The summed E-state index contributed by atoms with van der Waals surface area (Å²) < 4.78 is 68.3. The van der Waals surface area contributed by atoms with Crippen molar-refractivity contribution in [3.63, 3.8) is 0 Å². The lowest BCUT2D eigenvalue weighted by molar-refractivity contribution is -0.189. The van der Waals surface area contributed by atoms with Crippen LogP contribution >= 0.6 is 0 Å². The Hall–Kier alpha value is -2.75. The summed E-state index contributed by atoms with van der Waals surface area (Å²) in [6.45, 7) is 3.37. The van der Waals surface area contributed by atoms with Crippen LogP contribution in [0.1, 0.15) is 41.3 Å². The minimum absolute atomic E-state index is 0.161. The van der Waals surface area contributed by atoms with Crippen molar-refractivity contribution in [1.29, 1.82) is 0 Å². The van der Waals surface area contributed by atoms with Gasteiger partial charge in [-0.05, 0) is 61.2 Å². The van der Waals surface area contributed by atoms with Crippen LogP contribution in [0.2, 0.25) is 0 Å². The van der Waals surface area contributed by atoms with Gasteiger partial charge in [-0.1, -0.05) is 6.07 Å². The number of amides is 1. The Balaban J connectivity index is 1.63. The maximum Gasteiger partial charge on any atom is 0.425 e. The lowest BCUT2D eigenvalue weighted by atomic mass is 10.1. The fourth-order valence-electron chi connectivity index (χ4n) is 4.13. The molecular weight excluding hydrogens is 457 g/mol. The number of halogens is 3. The molecule has 10 heteroatoms. The van der Waals surface area contributed by atoms with Crippen LogP contribution in [0.15, 0.2) is 41.3 Å². The van der Waals surface area contributed by atoms with Gasteiger partial charge in [0.15, 0.2) is 15.9 Å². The highest BCUT2D eigenvalue weighted by atomic mass is 32.2. The lowest BCUT2D eigenvalue weighted by Gasteiger charge is -2.22. The predicted molar refractivity (Wildman–Crippen MR) is 117 cm³/mol. The number of alkyl halides is 3. The molecular formula is C23H25F3N2O4S. The highest BCUT2D eigenvalue weighted by Crippen LogP contribution is 2.33. The van der Waals surface area contributed by atoms with Crippen LogP contribution in [0, 0.1) is 0 Å². The van der Waals surface area contributed by atoms with Crippen LogP contribution in [0.5, 0.6) is 5.75 Å². The number of nitrogens with zero attached hydrogens (tertiary/aromatic N) is 2. The van der Waals surface area contributed by atoms with Gasteiger partial charge in [-0.15, -0.1) is 0 Å². The molecule has 0 unspecified atom stereocenters. The topological polar surface area (TPSA) is 66.9 Å². The van der Waals surface area contributed by atoms with E-state index < -0.39 is 28.0 Å². The smallest absolute Gasteiger partial charge is 0.425 e. The summed E-state index contributed by atoms with van der Waals surface area (Å²) in [7, 11) is -3.68. The van der Waals surface area contributed by atoms with Crippen molar-refractivity contribution in [2.75, 3.05) is 24.2 Å². The monoisotopic (exact) mass is 482 g/mol. The summed E-state index contributed by atoms with van der Waals surface area (Å²) in [4.78, 5) is 17.0. The summed E-state index contributed by atoms with van der Waals surface area (Å²) in [6, 6.07) is 9.37. The summed E-state index contributed by atoms with van der Waals surface area (Å²) in [5.41, 5.74) is 2.80. The van der Waals surface area contributed by atoms with E-state index in [1.54, 1.807) is 0 Å². The zero-order chi connectivity index (χ0) is 24.0. The molecule has 33 heavy (non-hydrogen) atoms. The average molecular weight is 483 g/mol. The van der Waals surface area contributed by atoms with Crippen molar-refractivity contribution in [3.05, 3.63) is 53.1 Å². The average Bonchev–Trinajstić information content (AvgIpc) is 3.41. The van der Waals surface area contributed by atoms with Crippen molar-refractivity contribution < 1.29 is 31.1 Å². The molecule has 0 spiro atoms. The van der Waals surface area contributed by atoms with Crippen LogP contribution in [0.25, 0.3) is 0 Å². The van der Waals surface area contributed by atoms with E-state index in [0.29, 0.717) is 0 Å². The number of benzene rings is 2. The SMILES string of the molecule is C[C@H](Oc1ccc(S(C)(=O)=O)cc1C(=O)N1Cc2ccc(N3CCCC3)cc2C1)C(F)(F)F. The molecule has 1 fully saturated rings. The van der Waals surface area contributed by atoms with Gasteiger partial charge in [0.25, 0.3) is 5.91 Å². The van der Waals surface area contributed by atoms with Gasteiger partial charge in [-0.3, -0.25) is 4.79 Å². The van der Waals surface area contributed by atoms with E-state index in [2.05, 4.69) is 4.90 Å². The highest BCUT2D eigenvalue weighted by molar-refractivity contribution is 7.90. The lowest BCUT2D eigenvalue weighted by Crippen LogP contribution is -2.32. The molecule has 178 valence electrons. The molecule has 1 amide bonds. The first-order chi connectivity index (χ1) is 15.4. The number of ether oxygens (including phenoxy) is 1. The molecule has 2 aromatic rings. The second-order valence-electron chi connectivity index (χ2n) is 8.54. The van der Waals surface area contributed by atoms with E-state index in [9.17, 15) is 26.4 Å². The Bertz CT molecular complexity index is 1170. The van der Waals surface area contributed by atoms with E-state index in [1.165, 1.54) is 4.90 Å². The molecule has 6 nitrogen and oxygen atoms in total. The summed E-state index contributed by atoms with van der Waals surface area (Å²) >= 11 is 0. The molecule has 1 saturated heterocycles. The van der Waals surface area contributed by atoms with Gasteiger partial charge < -0.3 is 14.5 Å². The third-order valence-electron chi connectivity index (χ3n) is 6.04. The summed E-state index contributed by atoms with van der Waals surface area (Å²) in [5.74, 6) is -0.880. The fraction of sp³-hybridized carbons (Fsp3) is 0.435. The van der Waals surface area contributed by atoms with Crippen molar-refractivity contribution >= 4 is 21.4 Å². The van der Waals surface area contributed by atoms with E-state index >= 15 is 0 Å². The van der Waals surface area contributed by atoms with Gasteiger partial charge in [0.2, 0.25) is 0 Å².